The van der Waals surface area contributed by atoms with Crippen molar-refractivity contribution in [3.63, 3.8) is 0 Å². The van der Waals surface area contributed by atoms with Crippen LogP contribution in [0.15, 0.2) is 75.0 Å². The average Bonchev–Trinajstić information content (AvgIpc) is 2.71. The lowest BCUT2D eigenvalue weighted by molar-refractivity contribution is 0.0732. The minimum atomic E-state index is -0.735. The Morgan fingerprint density at radius 2 is 1.90 bits per heavy atom. The van der Waals surface area contributed by atoms with E-state index in [1.807, 2.05) is 0 Å². The Kier molecular flexibility index (Phi) is 6.84. The lowest BCUT2D eigenvalue weighted by atomic mass is 10.2. The third-order valence-electron chi connectivity index (χ3n) is 3.59. The van der Waals surface area contributed by atoms with Gasteiger partial charge in [0, 0.05) is 22.4 Å². The van der Waals surface area contributed by atoms with E-state index in [2.05, 4.69) is 47.4 Å². The highest BCUT2D eigenvalue weighted by Crippen LogP contribution is 2.32. The lowest BCUT2D eigenvalue weighted by Gasteiger charge is -2.10. The fourth-order valence-corrected chi connectivity index (χ4v) is 3.61. The molecule has 0 saturated heterocycles. The monoisotopic (exact) mass is 519 g/mol. The van der Waals surface area contributed by atoms with Gasteiger partial charge in [-0.2, -0.15) is 5.10 Å². The van der Waals surface area contributed by atoms with Crippen molar-refractivity contribution in [1.82, 2.24) is 10.4 Å². The van der Waals surface area contributed by atoms with Gasteiger partial charge in [0.2, 0.25) is 0 Å². The van der Waals surface area contributed by atoms with Gasteiger partial charge in [-0.05, 0) is 58.4 Å². The quantitative estimate of drug-likeness (QED) is 0.228. The van der Waals surface area contributed by atoms with Gasteiger partial charge in [0.15, 0.2) is 5.75 Å². The second-order valence-corrected chi connectivity index (χ2v) is 7.42. The first-order valence-electron chi connectivity index (χ1n) is 8.14. The number of hydrogen-bond acceptors (Lipinski definition) is 5. The highest BCUT2D eigenvalue weighted by Gasteiger charge is 2.16. The van der Waals surface area contributed by atoms with Crippen molar-refractivity contribution >= 4 is 50.0 Å². The number of aromatic nitrogens is 1. The van der Waals surface area contributed by atoms with Crippen molar-refractivity contribution < 1.29 is 18.7 Å². The molecule has 0 unspecified atom stereocenters. The third kappa shape index (κ3) is 5.55. The van der Waals surface area contributed by atoms with Gasteiger partial charge in [0.05, 0.1) is 21.8 Å². The van der Waals surface area contributed by atoms with Crippen molar-refractivity contribution in [1.29, 1.82) is 0 Å². The largest absolute Gasteiger partial charge is 0.421 e. The first kappa shape index (κ1) is 20.8. The van der Waals surface area contributed by atoms with Crippen LogP contribution in [0.25, 0.3) is 0 Å². The van der Waals surface area contributed by atoms with Crippen LogP contribution in [-0.2, 0) is 0 Å². The van der Waals surface area contributed by atoms with Gasteiger partial charge in [-0.25, -0.2) is 14.6 Å². The number of benzene rings is 2. The van der Waals surface area contributed by atoms with Crippen LogP contribution in [0.4, 0.5) is 4.39 Å². The number of esters is 1. The number of amides is 1. The number of halogens is 3. The number of carbonyl (C=O) groups excluding carboxylic acids is 2. The van der Waals surface area contributed by atoms with Crippen LogP contribution in [0.5, 0.6) is 5.75 Å². The van der Waals surface area contributed by atoms with Crippen molar-refractivity contribution in [2.45, 2.75) is 0 Å². The molecule has 3 rings (SSSR count). The molecule has 9 heteroatoms. The van der Waals surface area contributed by atoms with Gasteiger partial charge < -0.3 is 4.74 Å². The van der Waals surface area contributed by atoms with E-state index < -0.39 is 17.7 Å². The van der Waals surface area contributed by atoms with E-state index in [1.165, 1.54) is 30.6 Å². The topological polar surface area (TPSA) is 80.6 Å². The van der Waals surface area contributed by atoms with E-state index in [1.54, 1.807) is 30.5 Å². The summed E-state index contributed by atoms with van der Waals surface area (Å²) < 4.78 is 20.0. The Morgan fingerprint density at radius 1 is 1.10 bits per heavy atom. The molecule has 1 heterocycles. The molecule has 0 saturated carbocycles. The number of nitrogens with one attached hydrogen (secondary N) is 1. The number of hydrazone groups is 1. The molecule has 0 atom stereocenters. The molecule has 0 aliphatic rings. The zero-order valence-corrected chi connectivity index (χ0v) is 17.8. The number of hydrogen-bond donors (Lipinski definition) is 1. The summed E-state index contributed by atoms with van der Waals surface area (Å²) in [5, 5.41) is 3.91. The normalized spacial score (nSPS) is 10.7. The Labute approximate surface area is 182 Å². The summed E-state index contributed by atoms with van der Waals surface area (Å²) in [7, 11) is 0. The summed E-state index contributed by atoms with van der Waals surface area (Å²) in [4.78, 5) is 28.3. The molecule has 146 valence electrons. The Balaban J connectivity index is 1.81. The minimum absolute atomic E-state index is 0.0626. The number of carbonyl (C=O) groups is 2. The summed E-state index contributed by atoms with van der Waals surface area (Å²) in [5.74, 6) is -1.56. The molecular formula is C20H12Br2FN3O3. The average molecular weight is 521 g/mol. The number of nitrogens with zero attached hydrogens (tertiary/aromatic N) is 2. The van der Waals surface area contributed by atoms with Crippen LogP contribution in [-0.4, -0.2) is 23.1 Å². The van der Waals surface area contributed by atoms with Crippen LogP contribution in [0, 0.1) is 5.82 Å². The third-order valence-corrected chi connectivity index (χ3v) is 4.63. The molecule has 1 N–H and O–H groups in total. The minimum Gasteiger partial charge on any atom is -0.421 e. The summed E-state index contributed by atoms with van der Waals surface area (Å²) in [5.41, 5.74) is 3.19. The molecule has 1 aromatic heterocycles. The Bertz CT molecular complexity index is 1090. The van der Waals surface area contributed by atoms with Crippen LogP contribution in [0.3, 0.4) is 0 Å². The predicted octanol–water partition coefficient (Wildman–Crippen LogP) is 4.73. The first-order valence-corrected chi connectivity index (χ1v) is 9.73. The SMILES string of the molecule is O=C(N/N=C/c1cc(Br)cc(Br)c1OC(=O)c1cccc(F)c1)c1cccnc1. The smallest absolute Gasteiger partial charge is 0.343 e. The second kappa shape index (κ2) is 9.53. The Hall–Kier alpha value is -2.91. The molecule has 0 aliphatic carbocycles. The maximum Gasteiger partial charge on any atom is 0.343 e. The number of ether oxygens (including phenoxy) is 1. The van der Waals surface area contributed by atoms with Gasteiger partial charge in [-0.15, -0.1) is 0 Å². The fraction of sp³-hybridized carbons (Fsp3) is 0. The zero-order chi connectivity index (χ0) is 20.8. The summed E-state index contributed by atoms with van der Waals surface area (Å²) in [6.45, 7) is 0. The molecule has 0 radical (unpaired) electrons. The van der Waals surface area contributed by atoms with Crippen molar-refractivity contribution in [2.24, 2.45) is 5.10 Å². The van der Waals surface area contributed by atoms with Crippen LogP contribution in [0.2, 0.25) is 0 Å². The van der Waals surface area contributed by atoms with Crippen LogP contribution < -0.4 is 10.2 Å². The van der Waals surface area contributed by atoms with Crippen LogP contribution in [0.1, 0.15) is 26.3 Å². The number of pyridine rings is 1. The Morgan fingerprint density at radius 3 is 2.62 bits per heavy atom. The van der Waals surface area contributed by atoms with Gasteiger partial charge in [-0.3, -0.25) is 9.78 Å². The second-order valence-electron chi connectivity index (χ2n) is 5.65. The van der Waals surface area contributed by atoms with Crippen LogP contribution >= 0.6 is 31.9 Å². The highest BCUT2D eigenvalue weighted by molar-refractivity contribution is 9.11. The van der Waals surface area contributed by atoms with Crippen molar-refractivity contribution in [2.75, 3.05) is 0 Å². The molecule has 1 amide bonds. The van der Waals surface area contributed by atoms with Crippen molar-refractivity contribution in [3.05, 3.63) is 92.4 Å². The summed E-state index contributed by atoms with van der Waals surface area (Å²) in [6, 6.07) is 11.7. The molecule has 0 spiro atoms. The molecule has 0 bridgehead atoms. The molecule has 0 aliphatic heterocycles. The van der Waals surface area contributed by atoms with Gasteiger partial charge in [-0.1, -0.05) is 22.0 Å². The maximum absolute atomic E-state index is 13.4. The highest BCUT2D eigenvalue weighted by atomic mass is 79.9. The summed E-state index contributed by atoms with van der Waals surface area (Å²) >= 11 is 6.68. The van der Waals surface area contributed by atoms with E-state index in [0.717, 1.165) is 6.07 Å². The van der Waals surface area contributed by atoms with Gasteiger partial charge in [0.1, 0.15) is 5.82 Å². The molecule has 2 aromatic carbocycles. The van der Waals surface area contributed by atoms with E-state index in [4.69, 9.17) is 4.74 Å². The number of rotatable bonds is 5. The van der Waals surface area contributed by atoms with E-state index >= 15 is 0 Å². The summed E-state index contributed by atoms with van der Waals surface area (Å²) in [6.07, 6.45) is 4.29. The first-order chi connectivity index (χ1) is 13.9. The molecule has 29 heavy (non-hydrogen) atoms. The molecule has 0 fully saturated rings. The van der Waals surface area contributed by atoms with Gasteiger partial charge in [0.25, 0.3) is 5.91 Å². The molecular weight excluding hydrogens is 509 g/mol. The van der Waals surface area contributed by atoms with Gasteiger partial charge >= 0.3 is 5.97 Å². The fourth-order valence-electron chi connectivity index (χ4n) is 2.27. The molecule has 6 nitrogen and oxygen atoms in total. The van der Waals surface area contributed by atoms with E-state index in [0.29, 0.717) is 20.1 Å². The lowest BCUT2D eigenvalue weighted by Crippen LogP contribution is -2.18. The maximum atomic E-state index is 13.4. The van der Waals surface area contributed by atoms with E-state index in [-0.39, 0.29) is 11.3 Å². The zero-order valence-electron chi connectivity index (χ0n) is 14.6. The standard InChI is InChI=1S/C20H12Br2FN3O3/c21-15-7-14(11-25-26-19(27)13-4-2-6-24-10-13)18(17(22)9-15)29-20(28)12-3-1-5-16(23)8-12/h1-11H,(H,26,27)/b25-11+. The molecule has 3 aromatic rings. The van der Waals surface area contributed by atoms with Crippen molar-refractivity contribution in [3.8, 4) is 5.75 Å². The van der Waals surface area contributed by atoms with E-state index in [9.17, 15) is 14.0 Å². The predicted molar refractivity (Wildman–Crippen MR) is 112 cm³/mol.